The van der Waals surface area contributed by atoms with Crippen LogP contribution >= 0.6 is 0 Å². The minimum atomic E-state index is 0.494. The van der Waals surface area contributed by atoms with E-state index in [0.29, 0.717) is 11.4 Å². The summed E-state index contributed by atoms with van der Waals surface area (Å²) in [6, 6.07) is 9.58. The van der Waals surface area contributed by atoms with Crippen LogP contribution in [0.3, 0.4) is 0 Å². The molecule has 74 valence electrons. The van der Waals surface area contributed by atoms with Gasteiger partial charge in [-0.25, -0.2) is 0 Å². The maximum atomic E-state index is 8.48. The highest BCUT2D eigenvalue weighted by molar-refractivity contribution is 6.40. The van der Waals surface area contributed by atoms with Gasteiger partial charge in [0.2, 0.25) is 0 Å². The monoisotopic (exact) mass is 191 g/mol. The van der Waals surface area contributed by atoms with Crippen molar-refractivity contribution < 1.29 is 5.21 Å². The van der Waals surface area contributed by atoms with E-state index >= 15 is 0 Å². The van der Waals surface area contributed by atoms with Gasteiger partial charge in [-0.05, 0) is 26.0 Å². The first-order chi connectivity index (χ1) is 6.74. The van der Waals surface area contributed by atoms with Gasteiger partial charge < -0.3 is 5.21 Å². The van der Waals surface area contributed by atoms with Crippen molar-refractivity contribution in [3.8, 4) is 0 Å². The molecule has 0 spiro atoms. The summed E-state index contributed by atoms with van der Waals surface area (Å²) in [7, 11) is 0. The Kier molecular flexibility index (Phi) is 3.67. The van der Waals surface area contributed by atoms with Gasteiger partial charge in [0.25, 0.3) is 0 Å². The first kappa shape index (κ1) is 10.2. The lowest BCUT2D eigenvalue weighted by Crippen LogP contribution is -2.07. The minimum absolute atomic E-state index is 0.494. The summed E-state index contributed by atoms with van der Waals surface area (Å²) >= 11 is 0. The summed E-state index contributed by atoms with van der Waals surface area (Å²) < 4.78 is 0. The fraction of sp³-hybridized carbons (Fsp3) is 0.200. The van der Waals surface area contributed by atoms with Gasteiger partial charge in [0.15, 0.2) is 0 Å². The zero-order valence-electron chi connectivity index (χ0n) is 8.23. The molecule has 0 unspecified atom stereocenters. The summed E-state index contributed by atoms with van der Waals surface area (Å²) in [6.45, 7) is 3.45. The topological polar surface area (TPSA) is 57.0 Å². The molecular formula is C10H13N3O. The maximum Gasteiger partial charge on any atom is 0.0993 e. The van der Waals surface area contributed by atoms with Gasteiger partial charge in [0.1, 0.15) is 0 Å². The van der Waals surface area contributed by atoms with Crippen LogP contribution in [0.1, 0.15) is 13.8 Å². The lowest BCUT2D eigenvalue weighted by molar-refractivity contribution is 0.320. The van der Waals surface area contributed by atoms with Crippen LogP contribution < -0.4 is 5.43 Å². The quantitative estimate of drug-likeness (QED) is 0.437. The predicted octanol–water partition coefficient (Wildman–Crippen LogP) is 2.32. The molecule has 0 atom stereocenters. The van der Waals surface area contributed by atoms with Gasteiger partial charge >= 0.3 is 0 Å². The Balaban J connectivity index is 2.64. The molecule has 14 heavy (non-hydrogen) atoms. The van der Waals surface area contributed by atoms with Crippen molar-refractivity contribution in [1.29, 1.82) is 0 Å². The van der Waals surface area contributed by atoms with Crippen molar-refractivity contribution in [2.45, 2.75) is 13.8 Å². The number of hydrazone groups is 1. The van der Waals surface area contributed by atoms with Gasteiger partial charge in [-0.1, -0.05) is 23.4 Å². The SMILES string of the molecule is CC(=N/O)/C(C)=N\Nc1ccccc1. The van der Waals surface area contributed by atoms with Crippen molar-refractivity contribution >= 4 is 17.1 Å². The van der Waals surface area contributed by atoms with Gasteiger partial charge in [0, 0.05) is 0 Å². The highest BCUT2D eigenvalue weighted by Crippen LogP contribution is 2.04. The molecule has 0 heterocycles. The standard InChI is InChI=1S/C10H13N3O/c1-8(9(2)13-14)11-12-10-6-4-3-5-7-10/h3-7,12,14H,1-2H3/b11-8-,13-9-. The van der Waals surface area contributed by atoms with Crippen LogP contribution in [-0.4, -0.2) is 16.6 Å². The third kappa shape index (κ3) is 2.90. The first-order valence-corrected chi connectivity index (χ1v) is 4.28. The second-order valence-corrected chi connectivity index (χ2v) is 2.86. The van der Waals surface area contributed by atoms with Gasteiger partial charge in [0.05, 0.1) is 17.1 Å². The summed E-state index contributed by atoms with van der Waals surface area (Å²) in [5.74, 6) is 0. The lowest BCUT2D eigenvalue weighted by atomic mass is 10.3. The molecule has 1 rings (SSSR count). The number of nitrogens with zero attached hydrogens (tertiary/aromatic N) is 2. The molecular weight excluding hydrogens is 178 g/mol. The molecule has 4 nitrogen and oxygen atoms in total. The number of hydrogen-bond donors (Lipinski definition) is 2. The third-order valence-electron chi connectivity index (χ3n) is 1.80. The van der Waals surface area contributed by atoms with E-state index in [1.54, 1.807) is 13.8 Å². The number of anilines is 1. The molecule has 0 aromatic heterocycles. The van der Waals surface area contributed by atoms with Crippen molar-refractivity contribution in [3.63, 3.8) is 0 Å². The molecule has 0 amide bonds. The van der Waals surface area contributed by atoms with Gasteiger partial charge in [-0.2, -0.15) is 5.10 Å². The fourth-order valence-corrected chi connectivity index (χ4v) is 0.814. The average molecular weight is 191 g/mol. The highest BCUT2D eigenvalue weighted by Gasteiger charge is 1.95. The fourth-order valence-electron chi connectivity index (χ4n) is 0.814. The Morgan fingerprint density at radius 3 is 2.36 bits per heavy atom. The van der Waals surface area contributed by atoms with Gasteiger partial charge in [-0.3, -0.25) is 5.43 Å². The second-order valence-electron chi connectivity index (χ2n) is 2.86. The third-order valence-corrected chi connectivity index (χ3v) is 1.80. The Bertz CT molecular complexity index is 344. The number of nitrogens with one attached hydrogen (secondary N) is 1. The van der Waals surface area contributed by atoms with E-state index in [4.69, 9.17) is 5.21 Å². The van der Waals surface area contributed by atoms with E-state index in [1.165, 1.54) is 0 Å². The van der Waals surface area contributed by atoms with Crippen LogP contribution in [0.25, 0.3) is 0 Å². The Morgan fingerprint density at radius 2 is 1.79 bits per heavy atom. The van der Waals surface area contributed by atoms with Crippen LogP contribution in [0, 0.1) is 0 Å². The van der Waals surface area contributed by atoms with E-state index in [1.807, 2.05) is 30.3 Å². The smallest absolute Gasteiger partial charge is 0.0993 e. The van der Waals surface area contributed by atoms with Crippen LogP contribution in [0.5, 0.6) is 0 Å². The largest absolute Gasteiger partial charge is 0.411 e. The van der Waals surface area contributed by atoms with Crippen LogP contribution in [0.4, 0.5) is 5.69 Å². The second kappa shape index (κ2) is 5.01. The molecule has 0 aliphatic rings. The van der Waals surface area contributed by atoms with Gasteiger partial charge in [-0.15, -0.1) is 0 Å². The molecule has 4 heteroatoms. The van der Waals surface area contributed by atoms with E-state index in [2.05, 4.69) is 15.7 Å². The molecule has 0 fully saturated rings. The molecule has 2 N–H and O–H groups in total. The van der Waals surface area contributed by atoms with Crippen molar-refractivity contribution in [2.24, 2.45) is 10.3 Å². The minimum Gasteiger partial charge on any atom is -0.411 e. The highest BCUT2D eigenvalue weighted by atomic mass is 16.4. The van der Waals surface area contributed by atoms with E-state index in [0.717, 1.165) is 5.69 Å². The van der Waals surface area contributed by atoms with Crippen LogP contribution in [-0.2, 0) is 0 Å². The molecule has 1 aromatic carbocycles. The first-order valence-electron chi connectivity index (χ1n) is 4.28. The number of para-hydroxylation sites is 1. The average Bonchev–Trinajstić information content (AvgIpc) is 2.26. The van der Waals surface area contributed by atoms with E-state index in [9.17, 15) is 0 Å². The Morgan fingerprint density at radius 1 is 1.14 bits per heavy atom. The molecule has 1 aromatic rings. The summed E-state index contributed by atoms with van der Waals surface area (Å²) in [5, 5.41) is 15.6. The van der Waals surface area contributed by atoms with Crippen LogP contribution in [0.2, 0.25) is 0 Å². The van der Waals surface area contributed by atoms with Crippen molar-refractivity contribution in [2.75, 3.05) is 5.43 Å². The zero-order valence-corrected chi connectivity index (χ0v) is 8.23. The summed E-state index contributed by atoms with van der Waals surface area (Å²) in [5.41, 5.74) is 4.90. The number of oxime groups is 1. The summed E-state index contributed by atoms with van der Waals surface area (Å²) in [4.78, 5) is 0. The van der Waals surface area contributed by atoms with Crippen LogP contribution in [0.15, 0.2) is 40.6 Å². The zero-order chi connectivity index (χ0) is 10.4. The normalized spacial score (nSPS) is 12.7. The number of benzene rings is 1. The molecule has 0 bridgehead atoms. The van der Waals surface area contributed by atoms with E-state index in [-0.39, 0.29) is 0 Å². The Hall–Kier alpha value is -1.84. The number of rotatable bonds is 3. The number of hydrogen-bond acceptors (Lipinski definition) is 4. The molecule has 0 aliphatic carbocycles. The maximum absolute atomic E-state index is 8.48. The molecule has 0 radical (unpaired) electrons. The Labute approximate surface area is 83.0 Å². The van der Waals surface area contributed by atoms with Crippen molar-refractivity contribution in [3.05, 3.63) is 30.3 Å². The van der Waals surface area contributed by atoms with Crippen molar-refractivity contribution in [1.82, 2.24) is 0 Å². The summed E-state index contributed by atoms with van der Waals surface area (Å²) in [6.07, 6.45) is 0. The van der Waals surface area contributed by atoms with E-state index < -0.39 is 0 Å². The molecule has 0 saturated carbocycles. The molecule has 0 aliphatic heterocycles. The predicted molar refractivity (Wildman–Crippen MR) is 58.1 cm³/mol. The molecule has 0 saturated heterocycles. The lowest BCUT2D eigenvalue weighted by Gasteiger charge is -2.01.